The molecule has 1 unspecified atom stereocenters. The number of carbonyl (C=O) groups excluding carboxylic acids is 1. The molecule has 2 aromatic rings. The van der Waals surface area contributed by atoms with Gasteiger partial charge in [0.05, 0.1) is 35.4 Å². The minimum atomic E-state index is -0.0850. The number of alkyl halides is 1. The molecule has 0 radical (unpaired) electrons. The number of amides is 1. The van der Waals surface area contributed by atoms with Crippen molar-refractivity contribution in [3.63, 3.8) is 0 Å². The Hall–Kier alpha value is -2.06. The van der Waals surface area contributed by atoms with E-state index in [1.165, 1.54) is 0 Å². The summed E-state index contributed by atoms with van der Waals surface area (Å²) in [4.78, 5) is 14.6. The first-order valence-electron chi connectivity index (χ1n) is 11.0. The monoisotopic (exact) mass is 549 g/mol. The average molecular weight is 549 g/mol. The Morgan fingerprint density at radius 3 is 2.59 bits per heavy atom. The number of nitrogens with zero attached hydrogens (tertiary/aromatic N) is 1. The quantitative estimate of drug-likeness (QED) is 0.340. The summed E-state index contributed by atoms with van der Waals surface area (Å²) in [7, 11) is 0. The van der Waals surface area contributed by atoms with Gasteiger partial charge in [-0.25, -0.2) is 0 Å². The molecule has 0 saturated carbocycles. The van der Waals surface area contributed by atoms with Crippen LogP contribution in [0.3, 0.4) is 0 Å². The molecule has 32 heavy (non-hydrogen) atoms. The number of hydrogen-bond acceptors (Lipinski definition) is 4. The maximum atomic E-state index is 13.0. The van der Waals surface area contributed by atoms with Crippen molar-refractivity contribution in [2.24, 2.45) is 5.41 Å². The van der Waals surface area contributed by atoms with Gasteiger partial charge in [-0.15, -0.1) is 0 Å². The molecule has 1 aliphatic heterocycles. The van der Waals surface area contributed by atoms with E-state index in [1.54, 1.807) is 11.2 Å². The summed E-state index contributed by atoms with van der Waals surface area (Å²) in [5, 5.41) is 9.55. The molecule has 1 amide bonds. The lowest BCUT2D eigenvalue weighted by Crippen LogP contribution is -2.37. The summed E-state index contributed by atoms with van der Waals surface area (Å²) >= 11 is 2.38. The van der Waals surface area contributed by atoms with Crippen molar-refractivity contribution in [3.8, 4) is 11.5 Å². The lowest BCUT2D eigenvalue weighted by molar-refractivity contribution is -0.130. The molecular formula is C26H32INO4. The number of fused-ring (bicyclic) bond motifs is 1. The van der Waals surface area contributed by atoms with Crippen molar-refractivity contribution in [2.45, 2.75) is 37.5 Å². The second-order valence-corrected chi connectivity index (χ2v) is 10.4. The summed E-state index contributed by atoms with van der Waals surface area (Å²) in [6.45, 7) is 7.82. The Kier molecular flexibility index (Phi) is 8.59. The predicted octanol–water partition coefficient (Wildman–Crippen LogP) is 5.32. The third kappa shape index (κ3) is 6.72. The number of aliphatic hydroxyl groups is 1. The minimum absolute atomic E-state index is 0.00732. The van der Waals surface area contributed by atoms with Gasteiger partial charge < -0.3 is 19.5 Å². The minimum Gasteiger partial charge on any atom is -0.493 e. The Labute approximate surface area is 204 Å². The molecule has 0 spiro atoms. The molecule has 1 atom stereocenters. The number of carbonyl (C=O) groups is 1. The molecule has 3 rings (SSSR count). The maximum Gasteiger partial charge on any atom is 0.227 e. The number of hydrogen-bond donors (Lipinski definition) is 1. The van der Waals surface area contributed by atoms with Crippen molar-refractivity contribution in [1.82, 2.24) is 4.90 Å². The van der Waals surface area contributed by atoms with Crippen LogP contribution in [0.2, 0.25) is 0 Å². The molecule has 0 aromatic heterocycles. The largest absolute Gasteiger partial charge is 0.493 e. The van der Waals surface area contributed by atoms with Crippen LogP contribution in [0.1, 0.15) is 42.2 Å². The van der Waals surface area contributed by atoms with E-state index < -0.39 is 0 Å². The molecule has 172 valence electrons. The predicted molar refractivity (Wildman–Crippen MR) is 135 cm³/mol. The van der Waals surface area contributed by atoms with E-state index in [-0.39, 0.29) is 28.4 Å². The molecule has 0 fully saturated rings. The molecule has 0 bridgehead atoms. The third-order valence-corrected chi connectivity index (χ3v) is 6.77. The summed E-state index contributed by atoms with van der Waals surface area (Å²) in [5.74, 6) is 1.59. The van der Waals surface area contributed by atoms with Crippen molar-refractivity contribution in [3.05, 3.63) is 71.5 Å². The lowest BCUT2D eigenvalue weighted by atomic mass is 9.93. The van der Waals surface area contributed by atoms with E-state index in [2.05, 4.69) is 43.4 Å². The first-order chi connectivity index (χ1) is 15.3. The van der Waals surface area contributed by atoms with Gasteiger partial charge >= 0.3 is 0 Å². The summed E-state index contributed by atoms with van der Waals surface area (Å²) in [6.07, 6.45) is 2.99. The molecule has 0 aliphatic carbocycles. The van der Waals surface area contributed by atoms with Crippen molar-refractivity contribution in [1.29, 1.82) is 0 Å². The van der Waals surface area contributed by atoms with Gasteiger partial charge in [-0.3, -0.25) is 4.79 Å². The SMILES string of the molecule is CC(C)(C)CCOc1cccc2c1C(I)C(CN(CCO)C(=O)Cc1ccccc1)=CO2. The highest BCUT2D eigenvalue weighted by Crippen LogP contribution is 2.46. The van der Waals surface area contributed by atoms with Gasteiger partial charge in [0.2, 0.25) is 5.91 Å². The van der Waals surface area contributed by atoms with Crippen LogP contribution in [0.5, 0.6) is 11.5 Å². The fourth-order valence-corrected chi connectivity index (χ4v) is 4.44. The molecule has 6 heteroatoms. The van der Waals surface area contributed by atoms with Gasteiger partial charge in [-0.2, -0.15) is 0 Å². The second-order valence-electron chi connectivity index (χ2n) is 9.20. The van der Waals surface area contributed by atoms with Crippen LogP contribution in [0.25, 0.3) is 0 Å². The van der Waals surface area contributed by atoms with Gasteiger partial charge in [0.25, 0.3) is 0 Å². The standard InChI is InChI=1S/C26H32INO4/c1-26(2,3)12-15-31-21-10-7-11-22-24(21)25(27)20(18-32-22)17-28(13-14-29)23(30)16-19-8-5-4-6-9-19/h4-11,18,25,29H,12-17H2,1-3H3. The summed E-state index contributed by atoms with van der Waals surface area (Å²) < 4.78 is 12.1. The molecule has 1 heterocycles. The maximum absolute atomic E-state index is 13.0. The highest BCUT2D eigenvalue weighted by atomic mass is 127. The molecule has 0 saturated heterocycles. The first-order valence-corrected chi connectivity index (χ1v) is 12.2. The van der Waals surface area contributed by atoms with Crippen LogP contribution in [-0.4, -0.2) is 42.2 Å². The lowest BCUT2D eigenvalue weighted by Gasteiger charge is -2.29. The van der Waals surface area contributed by atoms with E-state index in [0.717, 1.165) is 34.6 Å². The van der Waals surface area contributed by atoms with Gasteiger partial charge in [0.1, 0.15) is 11.5 Å². The fraction of sp³-hybridized carbons (Fsp3) is 0.423. The topological polar surface area (TPSA) is 59.0 Å². The number of halogens is 1. The second kappa shape index (κ2) is 11.2. The average Bonchev–Trinajstić information content (AvgIpc) is 2.75. The molecular weight excluding hydrogens is 517 g/mol. The molecule has 1 aliphatic rings. The van der Waals surface area contributed by atoms with Gasteiger partial charge in [-0.1, -0.05) is 79.8 Å². The smallest absolute Gasteiger partial charge is 0.227 e. The van der Waals surface area contributed by atoms with Crippen LogP contribution >= 0.6 is 22.6 Å². The van der Waals surface area contributed by atoms with Crippen LogP contribution in [0.4, 0.5) is 0 Å². The Morgan fingerprint density at radius 1 is 1.16 bits per heavy atom. The number of rotatable bonds is 9. The van der Waals surface area contributed by atoms with Gasteiger partial charge in [-0.05, 0) is 29.5 Å². The first kappa shape index (κ1) is 24.6. The number of aliphatic hydroxyl groups excluding tert-OH is 1. The Balaban J connectivity index is 1.73. The summed E-state index contributed by atoms with van der Waals surface area (Å²) in [6, 6.07) is 15.5. The zero-order valence-electron chi connectivity index (χ0n) is 19.0. The van der Waals surface area contributed by atoms with Crippen molar-refractivity contribution >= 4 is 28.5 Å². The number of ether oxygens (including phenoxy) is 2. The summed E-state index contributed by atoms with van der Waals surface area (Å²) in [5.41, 5.74) is 3.13. The molecule has 5 nitrogen and oxygen atoms in total. The van der Waals surface area contributed by atoms with Crippen LogP contribution in [0.15, 0.2) is 60.4 Å². The van der Waals surface area contributed by atoms with E-state index in [0.29, 0.717) is 19.6 Å². The third-order valence-electron chi connectivity index (χ3n) is 5.35. The zero-order chi connectivity index (χ0) is 23.1. The van der Waals surface area contributed by atoms with E-state index >= 15 is 0 Å². The highest BCUT2D eigenvalue weighted by Gasteiger charge is 2.29. The Morgan fingerprint density at radius 2 is 1.91 bits per heavy atom. The zero-order valence-corrected chi connectivity index (χ0v) is 21.2. The van der Waals surface area contributed by atoms with Crippen molar-refractivity contribution in [2.75, 3.05) is 26.3 Å². The van der Waals surface area contributed by atoms with E-state index in [9.17, 15) is 9.90 Å². The van der Waals surface area contributed by atoms with Gasteiger partial charge in [0.15, 0.2) is 0 Å². The van der Waals surface area contributed by atoms with E-state index in [4.69, 9.17) is 9.47 Å². The van der Waals surface area contributed by atoms with E-state index in [1.807, 2.05) is 48.5 Å². The molecule has 2 aromatic carbocycles. The molecule has 1 N–H and O–H groups in total. The van der Waals surface area contributed by atoms with Gasteiger partial charge in [0, 0.05) is 18.7 Å². The fourth-order valence-electron chi connectivity index (χ4n) is 3.49. The Bertz CT molecular complexity index is 937. The normalized spacial score (nSPS) is 15.4. The number of benzene rings is 2. The van der Waals surface area contributed by atoms with Crippen LogP contribution in [0, 0.1) is 5.41 Å². The van der Waals surface area contributed by atoms with Crippen molar-refractivity contribution < 1.29 is 19.4 Å². The van der Waals surface area contributed by atoms with Crippen LogP contribution in [-0.2, 0) is 11.2 Å². The highest BCUT2D eigenvalue weighted by molar-refractivity contribution is 14.1. The van der Waals surface area contributed by atoms with Crippen LogP contribution < -0.4 is 9.47 Å².